The summed E-state index contributed by atoms with van der Waals surface area (Å²) in [6.45, 7) is 4.10. The van der Waals surface area contributed by atoms with Crippen LogP contribution in [0.5, 0.6) is 5.75 Å². The van der Waals surface area contributed by atoms with Crippen LogP contribution in [0.1, 0.15) is 21.5 Å². The highest BCUT2D eigenvalue weighted by atomic mass is 16.5. The minimum absolute atomic E-state index is 0.249. The summed E-state index contributed by atoms with van der Waals surface area (Å²) < 4.78 is 10.9. The van der Waals surface area contributed by atoms with Gasteiger partial charge in [0.1, 0.15) is 5.75 Å². The van der Waals surface area contributed by atoms with Gasteiger partial charge in [-0.2, -0.15) is 5.10 Å². The van der Waals surface area contributed by atoms with Gasteiger partial charge in [-0.3, -0.25) is 9.69 Å². The van der Waals surface area contributed by atoms with Crippen molar-refractivity contribution in [3.63, 3.8) is 0 Å². The number of benzene rings is 2. The van der Waals surface area contributed by atoms with Gasteiger partial charge in [0.25, 0.3) is 5.91 Å². The normalized spacial score (nSPS) is 15.1. The van der Waals surface area contributed by atoms with E-state index in [4.69, 9.17) is 9.47 Å². The van der Waals surface area contributed by atoms with E-state index >= 15 is 0 Å². The summed E-state index contributed by atoms with van der Waals surface area (Å²) in [5, 5.41) is 5.01. The molecule has 7 nitrogen and oxygen atoms in total. The van der Waals surface area contributed by atoms with Gasteiger partial charge in [0.05, 0.1) is 32.1 Å². The van der Waals surface area contributed by atoms with E-state index in [9.17, 15) is 4.79 Å². The van der Waals surface area contributed by atoms with Crippen molar-refractivity contribution in [1.82, 2.24) is 15.3 Å². The SMILES string of the molecule is COc1ccc(/C=N/NC(=O)c2c[nH]c3ccccc23)cc1CN1CCOCC1. The molecular formula is C22H24N4O3. The molecule has 150 valence electrons. The van der Waals surface area contributed by atoms with Crippen LogP contribution in [0.25, 0.3) is 10.9 Å². The maximum atomic E-state index is 12.5. The van der Waals surface area contributed by atoms with Gasteiger partial charge in [0.15, 0.2) is 0 Å². The van der Waals surface area contributed by atoms with E-state index in [2.05, 4.69) is 20.4 Å². The molecule has 0 spiro atoms. The summed E-state index contributed by atoms with van der Waals surface area (Å²) in [7, 11) is 1.67. The topological polar surface area (TPSA) is 78.9 Å². The van der Waals surface area contributed by atoms with E-state index in [0.29, 0.717) is 5.56 Å². The monoisotopic (exact) mass is 392 g/mol. The maximum Gasteiger partial charge on any atom is 0.273 e. The Kier molecular flexibility index (Phi) is 5.88. The number of para-hydroxylation sites is 1. The van der Waals surface area contributed by atoms with E-state index in [1.54, 1.807) is 19.5 Å². The Morgan fingerprint density at radius 2 is 2.10 bits per heavy atom. The fraction of sp³-hybridized carbons (Fsp3) is 0.273. The molecule has 29 heavy (non-hydrogen) atoms. The standard InChI is InChI=1S/C22H24N4O3/c1-28-21-7-6-16(12-17(21)15-26-8-10-29-11-9-26)13-24-25-22(27)19-14-23-20-5-3-2-4-18(19)20/h2-7,12-14,23H,8-11,15H2,1H3,(H,25,27)/b24-13+. The number of H-pyrrole nitrogens is 1. The van der Waals surface area contributed by atoms with Crippen molar-refractivity contribution in [2.45, 2.75) is 6.54 Å². The number of methoxy groups -OCH3 is 1. The predicted molar refractivity (Wildman–Crippen MR) is 112 cm³/mol. The van der Waals surface area contributed by atoms with Crippen LogP contribution in [0, 0.1) is 0 Å². The van der Waals surface area contributed by atoms with Crippen molar-refractivity contribution in [3.8, 4) is 5.75 Å². The lowest BCUT2D eigenvalue weighted by molar-refractivity contribution is 0.0339. The summed E-state index contributed by atoms with van der Waals surface area (Å²) in [4.78, 5) is 17.9. The van der Waals surface area contributed by atoms with Gasteiger partial charge in [-0.25, -0.2) is 5.43 Å². The summed E-state index contributed by atoms with van der Waals surface area (Å²) in [6.07, 6.45) is 3.35. The lowest BCUT2D eigenvalue weighted by atomic mass is 10.1. The summed E-state index contributed by atoms with van der Waals surface area (Å²) in [5.41, 5.74) is 6.08. The average molecular weight is 392 g/mol. The van der Waals surface area contributed by atoms with Gasteiger partial charge in [-0.15, -0.1) is 0 Å². The van der Waals surface area contributed by atoms with Crippen molar-refractivity contribution in [3.05, 3.63) is 65.4 Å². The quantitative estimate of drug-likeness (QED) is 0.499. The Morgan fingerprint density at radius 3 is 2.93 bits per heavy atom. The first-order valence-electron chi connectivity index (χ1n) is 9.61. The molecule has 0 aliphatic carbocycles. The van der Waals surface area contributed by atoms with Crippen molar-refractivity contribution in [2.75, 3.05) is 33.4 Å². The number of nitrogens with zero attached hydrogens (tertiary/aromatic N) is 2. The third-order valence-corrected chi connectivity index (χ3v) is 5.02. The average Bonchev–Trinajstić information content (AvgIpc) is 3.19. The van der Waals surface area contributed by atoms with Gasteiger partial charge in [0, 0.05) is 42.3 Å². The number of morpholine rings is 1. The second kappa shape index (κ2) is 8.89. The number of carbonyl (C=O) groups excluding carboxylic acids is 1. The molecule has 7 heteroatoms. The smallest absolute Gasteiger partial charge is 0.273 e. The summed E-state index contributed by atoms with van der Waals surface area (Å²) in [6, 6.07) is 13.6. The Bertz CT molecular complexity index is 1020. The van der Waals surface area contributed by atoms with Crippen LogP contribution in [0.15, 0.2) is 53.8 Å². The van der Waals surface area contributed by atoms with E-state index in [-0.39, 0.29) is 5.91 Å². The van der Waals surface area contributed by atoms with Gasteiger partial charge in [-0.05, 0) is 29.8 Å². The summed E-state index contributed by atoms with van der Waals surface area (Å²) in [5.74, 6) is 0.595. The molecule has 2 aromatic carbocycles. The van der Waals surface area contributed by atoms with E-state index in [1.165, 1.54) is 0 Å². The molecular weight excluding hydrogens is 368 g/mol. The number of nitrogens with one attached hydrogen (secondary N) is 2. The maximum absolute atomic E-state index is 12.5. The van der Waals surface area contributed by atoms with Gasteiger partial charge >= 0.3 is 0 Å². The van der Waals surface area contributed by atoms with E-state index < -0.39 is 0 Å². The zero-order valence-corrected chi connectivity index (χ0v) is 16.4. The number of aromatic amines is 1. The third-order valence-electron chi connectivity index (χ3n) is 5.02. The van der Waals surface area contributed by atoms with E-state index in [0.717, 1.165) is 60.6 Å². The molecule has 1 aliphatic heterocycles. The van der Waals surface area contributed by atoms with Crippen LogP contribution < -0.4 is 10.2 Å². The Morgan fingerprint density at radius 1 is 1.28 bits per heavy atom. The van der Waals surface area contributed by atoms with Crippen molar-refractivity contribution in [2.24, 2.45) is 5.10 Å². The lowest BCUT2D eigenvalue weighted by Gasteiger charge is -2.27. The number of hydrogen-bond donors (Lipinski definition) is 2. The molecule has 2 heterocycles. The number of ether oxygens (including phenoxy) is 2. The zero-order chi connectivity index (χ0) is 20.1. The second-order valence-electron chi connectivity index (χ2n) is 6.91. The number of carbonyl (C=O) groups is 1. The number of amides is 1. The minimum atomic E-state index is -0.249. The van der Waals surface area contributed by atoms with Crippen molar-refractivity contribution < 1.29 is 14.3 Å². The fourth-order valence-electron chi connectivity index (χ4n) is 3.49. The molecule has 0 radical (unpaired) electrons. The predicted octanol–water partition coefficient (Wildman–Crippen LogP) is 2.77. The molecule has 1 saturated heterocycles. The minimum Gasteiger partial charge on any atom is -0.496 e. The van der Waals surface area contributed by atoms with Gasteiger partial charge in [0.2, 0.25) is 0 Å². The number of fused-ring (bicyclic) bond motifs is 1. The molecule has 3 aromatic rings. The van der Waals surface area contributed by atoms with E-state index in [1.807, 2.05) is 42.5 Å². The molecule has 0 unspecified atom stereocenters. The molecule has 0 atom stereocenters. The fourth-order valence-corrected chi connectivity index (χ4v) is 3.49. The molecule has 1 amide bonds. The van der Waals surface area contributed by atoms with Gasteiger partial charge < -0.3 is 14.5 Å². The summed E-state index contributed by atoms with van der Waals surface area (Å²) >= 11 is 0. The highest BCUT2D eigenvalue weighted by Crippen LogP contribution is 2.22. The van der Waals surface area contributed by atoms with Crippen LogP contribution in [-0.2, 0) is 11.3 Å². The third kappa shape index (κ3) is 4.47. The Hall–Kier alpha value is -3.16. The van der Waals surface area contributed by atoms with Crippen molar-refractivity contribution in [1.29, 1.82) is 0 Å². The number of hydrogen-bond acceptors (Lipinski definition) is 5. The van der Waals surface area contributed by atoms with Gasteiger partial charge in [-0.1, -0.05) is 18.2 Å². The lowest BCUT2D eigenvalue weighted by Crippen LogP contribution is -2.35. The van der Waals surface area contributed by atoms with Crippen molar-refractivity contribution >= 4 is 23.0 Å². The Balaban J connectivity index is 1.44. The first-order chi connectivity index (χ1) is 14.2. The highest BCUT2D eigenvalue weighted by Gasteiger charge is 2.14. The molecule has 1 fully saturated rings. The van der Waals surface area contributed by atoms with Crippen LogP contribution in [0.2, 0.25) is 0 Å². The first kappa shape index (κ1) is 19.2. The molecule has 4 rings (SSSR count). The molecule has 1 aliphatic rings. The number of hydrazone groups is 1. The first-order valence-corrected chi connectivity index (χ1v) is 9.61. The van der Waals surface area contributed by atoms with Crippen LogP contribution >= 0.6 is 0 Å². The zero-order valence-electron chi connectivity index (χ0n) is 16.4. The molecule has 0 saturated carbocycles. The van der Waals surface area contributed by atoms with Crippen LogP contribution in [0.4, 0.5) is 0 Å². The van der Waals surface area contributed by atoms with Crippen LogP contribution in [0.3, 0.4) is 0 Å². The second-order valence-corrected chi connectivity index (χ2v) is 6.91. The molecule has 2 N–H and O–H groups in total. The largest absolute Gasteiger partial charge is 0.496 e. The number of aromatic nitrogens is 1. The number of rotatable bonds is 6. The molecule has 1 aromatic heterocycles. The van der Waals surface area contributed by atoms with Crippen LogP contribution in [-0.4, -0.2) is 55.4 Å². The molecule has 0 bridgehead atoms. The highest BCUT2D eigenvalue weighted by molar-refractivity contribution is 6.06. The Labute approximate surface area is 169 Å².